The number of benzene rings is 2. The maximum atomic E-state index is 13.0. The number of halogens is 1. The van der Waals surface area contributed by atoms with Crippen LogP contribution in [-0.2, 0) is 0 Å². The zero-order valence-corrected chi connectivity index (χ0v) is 11.8. The van der Waals surface area contributed by atoms with Crippen LogP contribution in [0.4, 0.5) is 4.39 Å². The molecular formula is C17H10FN3O2. The van der Waals surface area contributed by atoms with Crippen molar-refractivity contribution in [3.63, 3.8) is 0 Å². The Kier molecular flexibility index (Phi) is 3.61. The average Bonchev–Trinajstić information content (AvgIpc) is 3.01. The molecule has 2 aromatic carbocycles. The summed E-state index contributed by atoms with van der Waals surface area (Å²) < 4.78 is 14.3. The molecular weight excluding hydrogens is 297 g/mol. The van der Waals surface area contributed by atoms with Crippen LogP contribution in [0.15, 0.2) is 54.6 Å². The summed E-state index contributed by atoms with van der Waals surface area (Å²) >= 11 is 0. The van der Waals surface area contributed by atoms with Crippen LogP contribution in [0, 0.1) is 17.1 Å². The van der Waals surface area contributed by atoms with Crippen molar-refractivity contribution in [3.8, 4) is 23.0 Å². The van der Waals surface area contributed by atoms with Crippen LogP contribution in [0.25, 0.3) is 16.9 Å². The van der Waals surface area contributed by atoms with E-state index in [1.807, 2.05) is 6.07 Å². The third kappa shape index (κ3) is 2.80. The van der Waals surface area contributed by atoms with Gasteiger partial charge in [0.2, 0.25) is 0 Å². The molecule has 0 spiro atoms. The zero-order chi connectivity index (χ0) is 16.4. The monoisotopic (exact) mass is 307 g/mol. The number of rotatable bonds is 3. The molecule has 0 fully saturated rings. The second-order valence-corrected chi connectivity index (χ2v) is 4.80. The molecule has 0 radical (unpaired) electrons. The summed E-state index contributed by atoms with van der Waals surface area (Å²) in [5, 5.41) is 22.6. The number of aromatic nitrogens is 2. The first kappa shape index (κ1) is 14.5. The molecule has 3 rings (SSSR count). The molecule has 1 aromatic heterocycles. The number of carbonyl (C=O) groups is 1. The van der Waals surface area contributed by atoms with Gasteiger partial charge < -0.3 is 5.11 Å². The predicted molar refractivity (Wildman–Crippen MR) is 80.6 cm³/mol. The van der Waals surface area contributed by atoms with E-state index in [-0.39, 0.29) is 11.5 Å². The molecule has 1 N–H and O–H groups in total. The molecule has 0 aliphatic heterocycles. The van der Waals surface area contributed by atoms with Crippen LogP contribution in [0.3, 0.4) is 0 Å². The summed E-state index contributed by atoms with van der Waals surface area (Å²) in [7, 11) is 0. The van der Waals surface area contributed by atoms with E-state index in [2.05, 4.69) is 5.10 Å². The normalized spacial score (nSPS) is 10.3. The molecule has 1 heterocycles. The number of hydrogen-bond acceptors (Lipinski definition) is 3. The Morgan fingerprint density at radius 2 is 1.91 bits per heavy atom. The van der Waals surface area contributed by atoms with Gasteiger partial charge in [-0.15, -0.1) is 0 Å². The van der Waals surface area contributed by atoms with E-state index in [0.29, 0.717) is 22.5 Å². The molecule has 0 atom stereocenters. The van der Waals surface area contributed by atoms with Crippen molar-refractivity contribution in [3.05, 3.63) is 71.7 Å². The summed E-state index contributed by atoms with van der Waals surface area (Å²) in [6.45, 7) is 0. The molecule has 0 saturated carbocycles. The highest BCUT2D eigenvalue weighted by atomic mass is 19.1. The van der Waals surface area contributed by atoms with Crippen LogP contribution >= 0.6 is 0 Å². The highest BCUT2D eigenvalue weighted by Crippen LogP contribution is 2.22. The number of aromatic carboxylic acids is 1. The maximum Gasteiger partial charge on any atom is 0.354 e. The Morgan fingerprint density at radius 3 is 2.57 bits per heavy atom. The third-order valence-electron chi connectivity index (χ3n) is 3.29. The second kappa shape index (κ2) is 5.73. The molecule has 0 amide bonds. The third-order valence-corrected chi connectivity index (χ3v) is 3.29. The number of nitrogens with zero attached hydrogens (tertiary/aromatic N) is 3. The molecule has 23 heavy (non-hydrogen) atoms. The smallest absolute Gasteiger partial charge is 0.354 e. The van der Waals surface area contributed by atoms with Gasteiger partial charge in [0.05, 0.1) is 23.0 Å². The number of hydrogen-bond donors (Lipinski definition) is 1. The van der Waals surface area contributed by atoms with Crippen molar-refractivity contribution < 1.29 is 14.3 Å². The number of nitriles is 1. The maximum absolute atomic E-state index is 13.0. The molecule has 0 aliphatic rings. The van der Waals surface area contributed by atoms with Crippen LogP contribution < -0.4 is 0 Å². The lowest BCUT2D eigenvalue weighted by atomic mass is 10.1. The highest BCUT2D eigenvalue weighted by molar-refractivity contribution is 5.88. The minimum atomic E-state index is -1.15. The topological polar surface area (TPSA) is 78.9 Å². The van der Waals surface area contributed by atoms with Gasteiger partial charge in [-0.05, 0) is 48.5 Å². The zero-order valence-electron chi connectivity index (χ0n) is 11.8. The van der Waals surface area contributed by atoms with Crippen molar-refractivity contribution in [2.24, 2.45) is 0 Å². The second-order valence-electron chi connectivity index (χ2n) is 4.80. The summed E-state index contributed by atoms with van der Waals surface area (Å²) in [5.74, 6) is -1.53. The first-order valence-electron chi connectivity index (χ1n) is 6.68. The summed E-state index contributed by atoms with van der Waals surface area (Å²) in [6.07, 6.45) is 0. The van der Waals surface area contributed by atoms with Gasteiger partial charge in [0.1, 0.15) is 5.82 Å². The van der Waals surface area contributed by atoms with Crippen molar-refractivity contribution in [1.82, 2.24) is 9.78 Å². The van der Waals surface area contributed by atoms with E-state index in [1.165, 1.54) is 35.0 Å². The first-order chi connectivity index (χ1) is 11.1. The van der Waals surface area contributed by atoms with Gasteiger partial charge in [0.15, 0.2) is 5.69 Å². The fraction of sp³-hybridized carbons (Fsp3) is 0. The van der Waals surface area contributed by atoms with Crippen molar-refractivity contribution in [2.75, 3.05) is 0 Å². The van der Waals surface area contributed by atoms with Gasteiger partial charge in [-0.1, -0.05) is 6.07 Å². The van der Waals surface area contributed by atoms with Gasteiger partial charge in [-0.25, -0.2) is 13.9 Å². The number of carboxylic acids is 1. The quantitative estimate of drug-likeness (QED) is 0.805. The van der Waals surface area contributed by atoms with E-state index in [0.717, 1.165) is 0 Å². The lowest BCUT2D eigenvalue weighted by Crippen LogP contribution is -2.07. The molecule has 5 nitrogen and oxygen atoms in total. The van der Waals surface area contributed by atoms with Crippen molar-refractivity contribution >= 4 is 5.97 Å². The highest BCUT2D eigenvalue weighted by Gasteiger charge is 2.17. The molecule has 0 bridgehead atoms. The van der Waals surface area contributed by atoms with E-state index >= 15 is 0 Å². The average molecular weight is 307 g/mol. The molecule has 6 heteroatoms. The van der Waals surface area contributed by atoms with Crippen molar-refractivity contribution in [1.29, 1.82) is 5.26 Å². The Morgan fingerprint density at radius 1 is 1.17 bits per heavy atom. The van der Waals surface area contributed by atoms with Crippen LogP contribution in [0.1, 0.15) is 16.1 Å². The van der Waals surface area contributed by atoms with Gasteiger partial charge in [0.25, 0.3) is 0 Å². The summed E-state index contributed by atoms with van der Waals surface area (Å²) in [5.41, 5.74) is 1.83. The Balaban J connectivity index is 2.14. The fourth-order valence-corrected chi connectivity index (χ4v) is 2.20. The van der Waals surface area contributed by atoms with E-state index in [1.54, 1.807) is 24.3 Å². The summed E-state index contributed by atoms with van der Waals surface area (Å²) in [6, 6.07) is 15.5. The van der Waals surface area contributed by atoms with Crippen molar-refractivity contribution in [2.45, 2.75) is 0 Å². The Hall–Kier alpha value is -3.46. The van der Waals surface area contributed by atoms with E-state index < -0.39 is 5.97 Å². The minimum absolute atomic E-state index is 0.0422. The van der Waals surface area contributed by atoms with Crippen LogP contribution in [0.5, 0.6) is 0 Å². The van der Waals surface area contributed by atoms with E-state index in [9.17, 15) is 14.3 Å². The fourth-order valence-electron chi connectivity index (χ4n) is 2.20. The Labute approximate surface area is 130 Å². The number of carboxylic acid groups (broad SMARTS) is 1. The first-order valence-corrected chi connectivity index (χ1v) is 6.68. The van der Waals surface area contributed by atoms with E-state index in [4.69, 9.17) is 5.26 Å². The van der Waals surface area contributed by atoms with Gasteiger partial charge >= 0.3 is 5.97 Å². The van der Waals surface area contributed by atoms with Gasteiger partial charge in [-0.3, -0.25) is 0 Å². The van der Waals surface area contributed by atoms with Crippen LogP contribution in [0.2, 0.25) is 0 Å². The Bertz CT molecular complexity index is 924. The molecule has 0 saturated heterocycles. The SMILES string of the molecule is N#Cc1cccc(-n2nc(-c3ccc(F)cc3)cc2C(=O)O)c1. The molecule has 112 valence electrons. The predicted octanol–water partition coefficient (Wildman–Crippen LogP) is 3.25. The van der Waals surface area contributed by atoms with Crippen LogP contribution in [-0.4, -0.2) is 20.9 Å². The molecule has 0 aliphatic carbocycles. The minimum Gasteiger partial charge on any atom is -0.477 e. The standard InChI is InChI=1S/C17H10FN3O2/c18-13-6-4-12(5-7-13)15-9-16(17(22)23)21(20-15)14-3-1-2-11(8-14)10-19/h1-9H,(H,22,23). The van der Waals surface area contributed by atoms with Gasteiger partial charge in [0, 0.05) is 5.56 Å². The molecule has 0 unspecified atom stereocenters. The van der Waals surface area contributed by atoms with Gasteiger partial charge in [-0.2, -0.15) is 10.4 Å². The summed E-state index contributed by atoms with van der Waals surface area (Å²) in [4.78, 5) is 11.5. The molecule has 3 aromatic rings. The largest absolute Gasteiger partial charge is 0.477 e. The lowest BCUT2D eigenvalue weighted by molar-refractivity contribution is 0.0687. The lowest BCUT2D eigenvalue weighted by Gasteiger charge is -2.04.